The SMILES string of the molecule is Cc1cc([C@@H]2[C@@H](c3ccccn3)NC(=S)N2c2ccccc2)c(C)n1-c1cccc(Cl)c1. The summed E-state index contributed by atoms with van der Waals surface area (Å²) in [6.45, 7) is 4.28. The van der Waals surface area contributed by atoms with Gasteiger partial charge in [-0.05, 0) is 80.2 Å². The molecule has 1 N–H and O–H groups in total. The van der Waals surface area contributed by atoms with Gasteiger partial charge in [0, 0.05) is 34.0 Å². The first-order valence-electron chi connectivity index (χ1n) is 10.5. The molecular formula is C26H23ClN4S. The van der Waals surface area contributed by atoms with E-state index in [1.165, 1.54) is 5.56 Å². The molecule has 1 aliphatic heterocycles. The van der Waals surface area contributed by atoms with Crippen molar-refractivity contribution in [2.45, 2.75) is 25.9 Å². The fourth-order valence-corrected chi connectivity index (χ4v) is 5.17. The lowest BCUT2D eigenvalue weighted by Crippen LogP contribution is -2.29. The number of hydrogen-bond acceptors (Lipinski definition) is 2. The highest BCUT2D eigenvalue weighted by molar-refractivity contribution is 7.80. The Morgan fingerprint density at radius 1 is 0.906 bits per heavy atom. The van der Waals surface area contributed by atoms with E-state index in [9.17, 15) is 0 Å². The van der Waals surface area contributed by atoms with E-state index in [0.717, 1.165) is 33.5 Å². The molecule has 4 nitrogen and oxygen atoms in total. The van der Waals surface area contributed by atoms with Gasteiger partial charge < -0.3 is 14.8 Å². The van der Waals surface area contributed by atoms with Crippen LogP contribution in [0.5, 0.6) is 0 Å². The summed E-state index contributed by atoms with van der Waals surface area (Å²) in [5, 5.41) is 4.96. The molecule has 2 aromatic heterocycles. The van der Waals surface area contributed by atoms with E-state index >= 15 is 0 Å². The molecule has 3 heterocycles. The van der Waals surface area contributed by atoms with E-state index in [2.05, 4.69) is 63.9 Å². The Morgan fingerprint density at radius 2 is 1.66 bits per heavy atom. The molecule has 160 valence electrons. The predicted molar refractivity (Wildman–Crippen MR) is 135 cm³/mol. The first kappa shape index (κ1) is 20.7. The molecule has 0 bridgehead atoms. The van der Waals surface area contributed by atoms with E-state index in [-0.39, 0.29) is 12.1 Å². The van der Waals surface area contributed by atoms with Crippen molar-refractivity contribution in [3.63, 3.8) is 0 Å². The summed E-state index contributed by atoms with van der Waals surface area (Å²) in [4.78, 5) is 6.86. The monoisotopic (exact) mass is 458 g/mol. The molecule has 1 fully saturated rings. The number of aromatic nitrogens is 2. The zero-order chi connectivity index (χ0) is 22.2. The minimum absolute atomic E-state index is 0.0427. The van der Waals surface area contributed by atoms with Crippen molar-refractivity contribution in [2.24, 2.45) is 0 Å². The van der Waals surface area contributed by atoms with Crippen LogP contribution in [0.4, 0.5) is 5.69 Å². The molecule has 2 aromatic carbocycles. The Bertz CT molecular complexity index is 1270. The summed E-state index contributed by atoms with van der Waals surface area (Å²) < 4.78 is 2.25. The minimum atomic E-state index is -0.0720. The van der Waals surface area contributed by atoms with Gasteiger partial charge in [0.1, 0.15) is 0 Å². The van der Waals surface area contributed by atoms with Crippen LogP contribution in [-0.4, -0.2) is 14.7 Å². The summed E-state index contributed by atoms with van der Waals surface area (Å²) >= 11 is 12.1. The van der Waals surface area contributed by atoms with Gasteiger partial charge in [0.15, 0.2) is 5.11 Å². The second-order valence-corrected chi connectivity index (χ2v) is 8.80. The van der Waals surface area contributed by atoms with Gasteiger partial charge in [0.2, 0.25) is 0 Å². The Morgan fingerprint density at radius 3 is 2.38 bits per heavy atom. The Hall–Kier alpha value is -3.15. The molecule has 2 atom stereocenters. The molecule has 4 aromatic rings. The number of anilines is 1. The maximum Gasteiger partial charge on any atom is 0.174 e. The van der Waals surface area contributed by atoms with Crippen LogP contribution in [-0.2, 0) is 0 Å². The van der Waals surface area contributed by atoms with E-state index in [1.807, 2.05) is 54.7 Å². The van der Waals surface area contributed by atoms with Gasteiger partial charge in [-0.15, -0.1) is 0 Å². The van der Waals surface area contributed by atoms with Crippen LogP contribution in [0.2, 0.25) is 5.02 Å². The van der Waals surface area contributed by atoms with Gasteiger partial charge in [-0.2, -0.15) is 0 Å². The maximum atomic E-state index is 6.30. The summed E-state index contributed by atoms with van der Waals surface area (Å²) in [6, 6.07) is 26.4. The highest BCUT2D eigenvalue weighted by Gasteiger charge is 2.42. The molecule has 32 heavy (non-hydrogen) atoms. The van der Waals surface area contributed by atoms with Crippen LogP contribution in [0, 0.1) is 13.8 Å². The van der Waals surface area contributed by atoms with Gasteiger partial charge >= 0.3 is 0 Å². The topological polar surface area (TPSA) is 33.1 Å². The number of thiocarbonyl (C=S) groups is 1. The van der Waals surface area contributed by atoms with Gasteiger partial charge in [-0.3, -0.25) is 4.98 Å². The highest BCUT2D eigenvalue weighted by Crippen LogP contribution is 2.43. The van der Waals surface area contributed by atoms with Crippen molar-refractivity contribution < 1.29 is 0 Å². The Balaban J connectivity index is 1.68. The summed E-state index contributed by atoms with van der Waals surface area (Å²) in [7, 11) is 0. The normalized spacial score (nSPS) is 18.1. The lowest BCUT2D eigenvalue weighted by molar-refractivity contribution is 0.565. The quantitative estimate of drug-likeness (QED) is 0.363. The number of nitrogens with one attached hydrogen (secondary N) is 1. The second kappa shape index (κ2) is 8.41. The predicted octanol–water partition coefficient (Wildman–Crippen LogP) is 6.32. The van der Waals surface area contributed by atoms with E-state index in [1.54, 1.807) is 0 Å². The molecule has 5 rings (SSSR count). The van der Waals surface area contributed by atoms with E-state index in [4.69, 9.17) is 23.8 Å². The molecule has 6 heteroatoms. The van der Waals surface area contributed by atoms with Crippen LogP contribution in [0.3, 0.4) is 0 Å². The number of rotatable bonds is 4. The average Bonchev–Trinajstić information content (AvgIpc) is 3.30. The smallest absolute Gasteiger partial charge is 0.174 e. The molecule has 0 saturated carbocycles. The zero-order valence-electron chi connectivity index (χ0n) is 17.9. The third-order valence-corrected chi connectivity index (χ3v) is 6.54. The summed E-state index contributed by atoms with van der Waals surface area (Å²) in [5.41, 5.74) is 6.57. The molecule has 1 aliphatic rings. The number of aryl methyl sites for hydroxylation is 1. The fourth-order valence-electron chi connectivity index (χ4n) is 4.64. The van der Waals surface area contributed by atoms with Gasteiger partial charge in [-0.25, -0.2) is 0 Å². The molecule has 0 aliphatic carbocycles. The Kier molecular flexibility index (Phi) is 5.45. The number of para-hydroxylation sites is 1. The van der Waals surface area contributed by atoms with Crippen LogP contribution in [0.15, 0.2) is 85.1 Å². The number of pyridine rings is 1. The van der Waals surface area contributed by atoms with Gasteiger partial charge in [-0.1, -0.05) is 41.9 Å². The second-order valence-electron chi connectivity index (χ2n) is 7.97. The number of hydrogen-bond donors (Lipinski definition) is 1. The third kappa shape index (κ3) is 3.57. The van der Waals surface area contributed by atoms with E-state index in [0.29, 0.717) is 5.11 Å². The molecule has 1 saturated heterocycles. The highest BCUT2D eigenvalue weighted by atomic mass is 35.5. The van der Waals surface area contributed by atoms with Crippen molar-refractivity contribution >= 4 is 34.6 Å². The molecule has 0 amide bonds. The van der Waals surface area contributed by atoms with Crippen LogP contribution >= 0.6 is 23.8 Å². The van der Waals surface area contributed by atoms with Crippen LogP contribution in [0.25, 0.3) is 5.69 Å². The number of halogens is 1. The molecular weight excluding hydrogens is 436 g/mol. The number of nitrogens with zero attached hydrogens (tertiary/aromatic N) is 3. The first-order chi connectivity index (χ1) is 15.5. The van der Waals surface area contributed by atoms with Crippen molar-refractivity contribution in [1.82, 2.24) is 14.9 Å². The average molecular weight is 459 g/mol. The third-order valence-electron chi connectivity index (χ3n) is 5.99. The largest absolute Gasteiger partial charge is 0.351 e. The molecule has 0 spiro atoms. The van der Waals surface area contributed by atoms with Crippen LogP contribution in [0.1, 0.15) is 34.7 Å². The summed E-state index contributed by atoms with van der Waals surface area (Å²) in [5.74, 6) is 0. The van der Waals surface area contributed by atoms with E-state index < -0.39 is 0 Å². The van der Waals surface area contributed by atoms with Crippen molar-refractivity contribution in [2.75, 3.05) is 4.90 Å². The molecule has 0 radical (unpaired) electrons. The van der Waals surface area contributed by atoms with Gasteiger partial charge in [0.05, 0.1) is 17.8 Å². The standard InChI is InChI=1S/C26H23ClN4S/c1-17-15-22(18(2)30(17)21-12-8-9-19(27)16-21)25-24(23-13-6-7-14-28-23)29-26(32)31(25)20-10-4-3-5-11-20/h3-16,24-25H,1-2H3,(H,29,32)/t24-,25-/m1/s1. The van der Waals surface area contributed by atoms with Crippen molar-refractivity contribution in [3.05, 3.63) is 113 Å². The first-order valence-corrected chi connectivity index (χ1v) is 11.3. The van der Waals surface area contributed by atoms with Crippen LogP contribution < -0.4 is 10.2 Å². The maximum absolute atomic E-state index is 6.30. The van der Waals surface area contributed by atoms with Crippen molar-refractivity contribution in [1.29, 1.82) is 0 Å². The number of benzene rings is 2. The zero-order valence-corrected chi connectivity index (χ0v) is 19.4. The fraction of sp³-hybridized carbons (Fsp3) is 0.154. The lowest BCUT2D eigenvalue weighted by Gasteiger charge is -2.28. The molecule has 0 unspecified atom stereocenters. The summed E-state index contributed by atoms with van der Waals surface area (Å²) in [6.07, 6.45) is 1.83. The minimum Gasteiger partial charge on any atom is -0.351 e. The lowest BCUT2D eigenvalue weighted by atomic mass is 9.96. The van der Waals surface area contributed by atoms with Crippen molar-refractivity contribution in [3.8, 4) is 5.69 Å². The Labute approximate surface area is 198 Å². The van der Waals surface area contributed by atoms with Gasteiger partial charge in [0.25, 0.3) is 0 Å².